The van der Waals surface area contributed by atoms with Crippen LogP contribution in [0.25, 0.3) is 0 Å². The van der Waals surface area contributed by atoms with E-state index in [1.165, 1.54) is 71.1 Å². The van der Waals surface area contributed by atoms with Crippen molar-refractivity contribution in [2.24, 2.45) is 0 Å². The van der Waals surface area contributed by atoms with Crippen molar-refractivity contribution in [3.8, 4) is 0 Å². The van der Waals surface area contributed by atoms with Gasteiger partial charge in [0, 0.05) is 45.2 Å². The van der Waals surface area contributed by atoms with E-state index in [2.05, 4.69) is 17.1 Å². The van der Waals surface area contributed by atoms with Crippen molar-refractivity contribution in [3.63, 3.8) is 0 Å². The van der Waals surface area contributed by atoms with Gasteiger partial charge in [0.1, 0.15) is 5.78 Å². The van der Waals surface area contributed by atoms with E-state index in [-0.39, 0.29) is 31.0 Å². The number of hydrogen-bond acceptors (Lipinski definition) is 6. The fourth-order valence-corrected chi connectivity index (χ4v) is 5.96. The van der Waals surface area contributed by atoms with E-state index in [1.54, 1.807) is 0 Å². The highest BCUT2D eigenvalue weighted by Gasteiger charge is 2.28. The molecular weight excluding hydrogens is 487 g/mol. The van der Waals surface area contributed by atoms with E-state index >= 15 is 0 Å². The molecule has 37 heavy (non-hydrogen) atoms. The van der Waals surface area contributed by atoms with Crippen molar-refractivity contribution in [1.82, 2.24) is 10.2 Å². The molecule has 2 atom stereocenters. The molecule has 0 aromatic rings. The zero-order valence-electron chi connectivity index (χ0n) is 23.6. The van der Waals surface area contributed by atoms with Gasteiger partial charge in [-0.25, -0.2) is 0 Å². The number of likely N-dealkylation sites (tertiary alicyclic amines) is 1. The summed E-state index contributed by atoms with van der Waals surface area (Å²) < 4.78 is 0. The van der Waals surface area contributed by atoms with E-state index in [0.29, 0.717) is 13.0 Å². The Hall–Kier alpha value is -1.17. The molecule has 1 rings (SSSR count). The number of carbonyl (C=O) groups excluding carboxylic acids is 4. The molecule has 0 bridgehead atoms. The van der Waals surface area contributed by atoms with Crippen molar-refractivity contribution in [3.05, 3.63) is 0 Å². The van der Waals surface area contributed by atoms with Gasteiger partial charge < -0.3 is 15.1 Å². The Morgan fingerprint density at radius 3 is 1.78 bits per heavy atom. The van der Waals surface area contributed by atoms with Crippen LogP contribution in [-0.4, -0.2) is 58.2 Å². The smallest absolute Gasteiger partial charge is 0.217 e. The summed E-state index contributed by atoms with van der Waals surface area (Å²) in [5.41, 5.74) is -0.985. The first-order valence-corrected chi connectivity index (χ1v) is 16.2. The van der Waals surface area contributed by atoms with Crippen molar-refractivity contribution in [2.75, 3.05) is 19.6 Å². The summed E-state index contributed by atoms with van der Waals surface area (Å²) in [6.07, 6.45) is 18.9. The van der Waals surface area contributed by atoms with Crippen LogP contribution in [0.2, 0.25) is 0 Å². The topological polar surface area (TPSA) is 104 Å². The molecule has 2 unspecified atom stereocenters. The fourth-order valence-electron chi connectivity index (χ4n) is 4.98. The largest absolute Gasteiger partial charge is 0.360 e. The second kappa shape index (κ2) is 21.7. The van der Waals surface area contributed by atoms with Gasteiger partial charge in [-0.05, 0) is 32.4 Å². The number of ketones is 1. The third-order valence-electron chi connectivity index (χ3n) is 7.17. The lowest BCUT2D eigenvalue weighted by atomic mass is 10.0. The SMILES string of the molecule is CCCCCCCCCCCCCCCC(=O)CC(CC(=O)P(O)C(=O)CCN1CCCC1)NC(C)=O. The number of hydrogen-bond donors (Lipinski definition) is 2. The highest BCUT2D eigenvalue weighted by molar-refractivity contribution is 7.84. The summed E-state index contributed by atoms with van der Waals surface area (Å²) in [5, 5.41) is 2.66. The van der Waals surface area contributed by atoms with Crippen LogP contribution in [0, 0.1) is 0 Å². The Kier molecular flexibility index (Phi) is 19.9. The van der Waals surface area contributed by atoms with Crippen molar-refractivity contribution < 1.29 is 24.1 Å². The molecule has 1 heterocycles. The summed E-state index contributed by atoms with van der Waals surface area (Å²) >= 11 is 0. The monoisotopic (exact) mass is 540 g/mol. The summed E-state index contributed by atoms with van der Waals surface area (Å²) in [6.45, 7) is 6.07. The lowest BCUT2D eigenvalue weighted by Crippen LogP contribution is -2.36. The van der Waals surface area contributed by atoms with Crippen molar-refractivity contribution in [1.29, 1.82) is 0 Å². The number of Topliss-reactive ketones (excluding diaryl/α,β-unsaturated/α-hetero) is 1. The number of nitrogens with zero attached hydrogens (tertiary/aromatic N) is 1. The maximum absolute atomic E-state index is 12.5. The Labute approximate surface area is 226 Å². The zero-order valence-corrected chi connectivity index (χ0v) is 24.5. The van der Waals surface area contributed by atoms with E-state index in [4.69, 9.17) is 0 Å². The summed E-state index contributed by atoms with van der Waals surface area (Å²) in [7, 11) is -2.40. The van der Waals surface area contributed by atoms with E-state index in [1.807, 2.05) is 0 Å². The number of unbranched alkanes of at least 4 members (excludes halogenated alkanes) is 12. The minimum Gasteiger partial charge on any atom is -0.360 e. The van der Waals surface area contributed by atoms with E-state index in [9.17, 15) is 24.1 Å². The fraction of sp³-hybridized carbons (Fsp3) is 0.862. The van der Waals surface area contributed by atoms with Gasteiger partial charge in [0.2, 0.25) is 5.91 Å². The number of nitrogens with one attached hydrogen (secondary N) is 1. The highest BCUT2D eigenvalue weighted by Crippen LogP contribution is 2.36. The van der Waals surface area contributed by atoms with Crippen molar-refractivity contribution >= 4 is 30.9 Å². The molecular formula is C29H53N2O5P. The third-order valence-corrected chi connectivity index (χ3v) is 8.53. The Bertz CT molecular complexity index is 667. The lowest BCUT2D eigenvalue weighted by Gasteiger charge is -2.18. The summed E-state index contributed by atoms with van der Waals surface area (Å²) in [5.74, 6) is -0.313. The number of rotatable bonds is 24. The van der Waals surface area contributed by atoms with Crippen LogP contribution < -0.4 is 5.32 Å². The zero-order chi connectivity index (χ0) is 27.3. The minimum absolute atomic E-state index is 0.0113. The molecule has 1 fully saturated rings. The molecule has 7 nitrogen and oxygen atoms in total. The van der Waals surface area contributed by atoms with Gasteiger partial charge in [-0.3, -0.25) is 19.2 Å². The molecule has 0 saturated carbocycles. The van der Waals surface area contributed by atoms with E-state index in [0.717, 1.165) is 45.2 Å². The molecule has 1 aliphatic heterocycles. The summed E-state index contributed by atoms with van der Waals surface area (Å²) in [4.78, 5) is 61.3. The molecule has 0 aromatic heterocycles. The maximum Gasteiger partial charge on any atom is 0.217 e. The molecule has 1 amide bonds. The predicted octanol–water partition coefficient (Wildman–Crippen LogP) is 6.25. The molecule has 0 aliphatic carbocycles. The molecule has 214 valence electrons. The molecule has 8 heteroatoms. The average Bonchev–Trinajstić information content (AvgIpc) is 3.38. The molecule has 0 spiro atoms. The van der Waals surface area contributed by atoms with Gasteiger partial charge in [0.25, 0.3) is 0 Å². The first kappa shape index (κ1) is 33.9. The second-order valence-corrected chi connectivity index (χ2v) is 12.4. The van der Waals surface area contributed by atoms with Gasteiger partial charge in [-0.15, -0.1) is 0 Å². The van der Waals surface area contributed by atoms with Gasteiger partial charge >= 0.3 is 0 Å². The Morgan fingerprint density at radius 1 is 0.757 bits per heavy atom. The highest BCUT2D eigenvalue weighted by atomic mass is 31.1. The first-order valence-electron chi connectivity index (χ1n) is 14.9. The number of amides is 1. The third kappa shape index (κ3) is 17.9. The predicted molar refractivity (Wildman–Crippen MR) is 152 cm³/mol. The van der Waals surface area contributed by atoms with Gasteiger partial charge in [0.05, 0.1) is 0 Å². The van der Waals surface area contributed by atoms with Crippen LogP contribution in [-0.2, 0) is 19.2 Å². The quantitative estimate of drug-likeness (QED) is 0.111. The molecule has 0 aromatic carbocycles. The van der Waals surface area contributed by atoms with Gasteiger partial charge in [-0.1, -0.05) is 84.0 Å². The van der Waals surface area contributed by atoms with Crippen molar-refractivity contribution in [2.45, 2.75) is 142 Å². The molecule has 1 saturated heterocycles. The normalized spacial score (nSPS) is 15.4. The van der Waals surface area contributed by atoms with Crippen LogP contribution >= 0.6 is 8.15 Å². The van der Waals surface area contributed by atoms with Crippen LogP contribution in [0.1, 0.15) is 136 Å². The summed E-state index contributed by atoms with van der Waals surface area (Å²) in [6, 6.07) is -0.664. The minimum atomic E-state index is -2.40. The maximum atomic E-state index is 12.5. The lowest BCUT2D eigenvalue weighted by molar-refractivity contribution is -0.122. The van der Waals surface area contributed by atoms with Gasteiger partial charge in [-0.2, -0.15) is 0 Å². The molecule has 0 radical (unpaired) electrons. The average molecular weight is 541 g/mol. The first-order chi connectivity index (χ1) is 17.8. The molecule has 2 N–H and O–H groups in total. The Morgan fingerprint density at radius 2 is 1.27 bits per heavy atom. The van der Waals surface area contributed by atoms with Gasteiger partial charge in [0.15, 0.2) is 19.2 Å². The second-order valence-electron chi connectivity index (χ2n) is 10.7. The van der Waals surface area contributed by atoms with E-state index < -0.39 is 25.2 Å². The van der Waals surface area contributed by atoms with Crippen LogP contribution in [0.3, 0.4) is 0 Å². The van der Waals surface area contributed by atoms with Crippen LogP contribution in [0.15, 0.2) is 0 Å². The standard InChI is InChI=1S/C29H53N2O5P/c1-3-4-5-6-7-8-9-10-11-12-13-14-15-18-27(33)23-26(30-25(2)32)24-29(35)37(36)28(34)19-22-31-20-16-17-21-31/h26,36H,3-24H2,1-2H3,(H,30,32). The molecule has 1 aliphatic rings. The van der Waals surface area contributed by atoms with Crippen LogP contribution in [0.4, 0.5) is 0 Å². The number of carbonyl (C=O) groups is 4. The Balaban J connectivity index is 2.19. The van der Waals surface area contributed by atoms with Crippen LogP contribution in [0.5, 0.6) is 0 Å².